The number of hydrogen-bond acceptors (Lipinski definition) is 13. The van der Waals surface area contributed by atoms with Gasteiger partial charge in [0.25, 0.3) is 0 Å². The van der Waals surface area contributed by atoms with Gasteiger partial charge >= 0.3 is 0 Å². The van der Waals surface area contributed by atoms with E-state index >= 15 is 0 Å². The number of hydrogen-bond donors (Lipinski definition) is 0. The van der Waals surface area contributed by atoms with Crippen molar-refractivity contribution in [2.45, 2.75) is 236 Å². The Hall–Kier alpha value is -2.52. The van der Waals surface area contributed by atoms with E-state index in [1.54, 1.807) is 41.5 Å². The third-order valence-electron chi connectivity index (χ3n) is 7.92. The zero-order chi connectivity index (χ0) is 55.4. The number of aromatic nitrogens is 1. The molecule has 1 aromatic rings. The Kier molecular flexibility index (Phi) is 34.4. The summed E-state index contributed by atoms with van der Waals surface area (Å²) >= 11 is 1.19. The van der Waals surface area contributed by atoms with E-state index in [-0.39, 0.29) is 63.2 Å². The number of thioether (sulfide) groups is 1. The molecule has 68 heavy (non-hydrogen) atoms. The Morgan fingerprint density at radius 1 is 0.676 bits per heavy atom. The minimum absolute atomic E-state index is 0. The summed E-state index contributed by atoms with van der Waals surface area (Å²) < 4.78 is 47.1. The van der Waals surface area contributed by atoms with E-state index in [4.69, 9.17) is 4.52 Å². The first kappa shape index (κ1) is 77.0. The fourth-order valence-electron chi connectivity index (χ4n) is 3.57. The number of nitrogens with zero attached hydrogens (tertiary/aromatic N) is 3. The van der Waals surface area contributed by atoms with Crippen LogP contribution in [-0.2, 0) is 44.3 Å². The van der Waals surface area contributed by atoms with Crippen LogP contribution >= 0.6 is 11.8 Å². The first-order valence-electron chi connectivity index (χ1n) is 23.1. The number of carbonyl (C=O) groups excluding carboxylic acids is 4. The van der Waals surface area contributed by atoms with Crippen LogP contribution in [0.4, 0.5) is 0 Å². The standard InChI is InChI=1S/C8H13NO.C8H12O2S.C7H12N2.C7H14O3S.C7H14O.C5H12O2S.2C5H12.CH4/c1-6-5-7(10-9-6)8(2,3)4;1-8(2,3)7-5(9)4-6(10)11-7;1-7(2,3)6-4-5-8-9-6;1-7(2,3)6(8)5-11(4,9)10;1-5-6(8)7(2,3)4;1-5(2,3)8(4,6)7;2*1-5(2,3)4;/h5H,1-4H3;7H,4H2,1-3H3;5H,4H2,1-3H3;5H2,1-4H3;5H2,1-4H3;1-4H3;2*1-4H3;1H4. The zero-order valence-corrected chi connectivity index (χ0v) is 50.8. The third-order valence-corrected chi connectivity index (χ3v) is 12.5. The van der Waals surface area contributed by atoms with E-state index in [1.807, 2.05) is 67.7 Å². The molecule has 2 aliphatic heterocycles. The summed E-state index contributed by atoms with van der Waals surface area (Å²) in [6.07, 6.45) is 5.88. The number of sulfone groups is 2. The summed E-state index contributed by atoms with van der Waals surface area (Å²) in [4.78, 5) is 44.0. The van der Waals surface area contributed by atoms with E-state index in [0.29, 0.717) is 23.0 Å². The monoisotopic (exact) mass is 1020 g/mol. The van der Waals surface area contributed by atoms with Gasteiger partial charge in [0.2, 0.25) is 0 Å². The molecule has 0 N–H and O–H groups in total. The van der Waals surface area contributed by atoms with Crippen LogP contribution in [0.15, 0.2) is 20.8 Å². The van der Waals surface area contributed by atoms with E-state index < -0.39 is 29.8 Å². The highest BCUT2D eigenvalue weighted by Crippen LogP contribution is 2.37. The smallest absolute Gasteiger partial charge is 0.197 e. The minimum atomic E-state index is -3.16. The maximum atomic E-state index is 11.2. The normalized spacial score (nSPS) is 15.3. The van der Waals surface area contributed by atoms with Crippen molar-refractivity contribution in [2.75, 3.05) is 18.3 Å². The molecular weight excluding hydrogens is 919 g/mol. The van der Waals surface area contributed by atoms with Crippen molar-refractivity contribution >= 4 is 65.8 Å². The second-order valence-corrected chi connectivity index (χ2v) is 32.5. The fraction of sp³-hybridized carbons (Fsp3) is 0.830. The molecule has 1 fully saturated rings. The molecule has 3 heterocycles. The molecule has 0 radical (unpaired) electrons. The van der Waals surface area contributed by atoms with Gasteiger partial charge in [0.15, 0.2) is 36.4 Å². The molecule has 15 heteroatoms. The average molecular weight is 1020 g/mol. The van der Waals surface area contributed by atoms with Gasteiger partial charge in [-0.05, 0) is 43.9 Å². The van der Waals surface area contributed by atoms with E-state index in [2.05, 4.69) is 112 Å². The van der Waals surface area contributed by atoms with Gasteiger partial charge in [0, 0.05) is 59.3 Å². The molecular formula is C53H105N3O9S3. The van der Waals surface area contributed by atoms with Gasteiger partial charge in [0.05, 0.1) is 27.8 Å². The third kappa shape index (κ3) is 48.5. The number of Topliss-reactive ketones (excluding diaryl/α,β-unsaturated/α-hetero) is 3. The molecule has 3 rings (SSSR count). The van der Waals surface area contributed by atoms with Crippen LogP contribution in [0.5, 0.6) is 0 Å². The Bertz CT molecular complexity index is 1910. The van der Waals surface area contributed by atoms with Crippen LogP contribution in [0.25, 0.3) is 0 Å². The minimum Gasteiger partial charge on any atom is -0.361 e. The van der Waals surface area contributed by atoms with Crippen molar-refractivity contribution in [1.29, 1.82) is 0 Å². The first-order valence-corrected chi connectivity index (χ1v) is 27.9. The van der Waals surface area contributed by atoms with Crippen LogP contribution < -0.4 is 0 Å². The Morgan fingerprint density at radius 3 is 1.15 bits per heavy atom. The molecule has 0 aromatic carbocycles. The van der Waals surface area contributed by atoms with Crippen molar-refractivity contribution in [2.24, 2.45) is 42.7 Å². The Labute approximate surface area is 423 Å². The lowest BCUT2D eigenvalue weighted by Crippen LogP contribution is -2.27. The summed E-state index contributed by atoms with van der Waals surface area (Å²) in [7, 11) is -6.00. The van der Waals surface area contributed by atoms with E-state index in [9.17, 15) is 36.0 Å². The summed E-state index contributed by atoms with van der Waals surface area (Å²) in [5.41, 5.74) is 2.66. The van der Waals surface area contributed by atoms with Crippen molar-refractivity contribution in [3.05, 3.63) is 17.5 Å². The number of rotatable bonds is 3. The number of carbonyl (C=O) groups is 4. The quantitative estimate of drug-likeness (QED) is 0.262. The molecule has 0 saturated carbocycles. The van der Waals surface area contributed by atoms with Gasteiger partial charge in [-0.25, -0.2) is 16.8 Å². The zero-order valence-electron chi connectivity index (χ0n) is 48.3. The van der Waals surface area contributed by atoms with Gasteiger partial charge in [-0.15, -0.1) is 0 Å². The maximum absolute atomic E-state index is 11.2. The van der Waals surface area contributed by atoms with Crippen molar-refractivity contribution in [3.8, 4) is 0 Å². The molecule has 0 amide bonds. The predicted octanol–water partition coefficient (Wildman–Crippen LogP) is 14.0. The average Bonchev–Trinajstić information content (AvgIpc) is 3.79. The van der Waals surface area contributed by atoms with E-state index in [1.165, 1.54) is 23.7 Å². The lowest BCUT2D eigenvalue weighted by molar-refractivity contribution is -0.126. The largest absolute Gasteiger partial charge is 0.361 e. The molecule has 0 spiro atoms. The molecule has 1 aromatic heterocycles. The molecule has 0 bridgehead atoms. The summed E-state index contributed by atoms with van der Waals surface area (Å²) in [5, 5.41) is 11.5. The highest BCUT2D eigenvalue weighted by Gasteiger charge is 2.39. The molecule has 1 unspecified atom stereocenters. The van der Waals surface area contributed by atoms with Crippen LogP contribution in [0.2, 0.25) is 0 Å². The van der Waals surface area contributed by atoms with Crippen molar-refractivity contribution in [3.63, 3.8) is 0 Å². The summed E-state index contributed by atoms with van der Waals surface area (Å²) in [5.74, 6) is 0.784. The van der Waals surface area contributed by atoms with Crippen LogP contribution in [0.1, 0.15) is 225 Å². The lowest BCUT2D eigenvalue weighted by Gasteiger charge is -2.23. The molecule has 404 valence electrons. The summed E-state index contributed by atoms with van der Waals surface area (Å²) in [6, 6.07) is 1.97. The van der Waals surface area contributed by atoms with Crippen LogP contribution in [0, 0.1) is 39.4 Å². The molecule has 0 aliphatic carbocycles. The topological polar surface area (TPSA) is 187 Å². The van der Waals surface area contributed by atoms with Crippen molar-refractivity contribution < 1.29 is 40.5 Å². The SMILES string of the molecule is C.CC(C)(C)C.CC(C)(C)C.CC(C)(C)C(=O)CS(C)(=O)=O.CC(C)(C)C1=NN=CC1.CC(C)(C)C1SC(=O)CC1=O.CC(C)(C)S(C)(=O)=O.CCC(=O)C(C)(C)C.Cc1cc(C(C)(C)C)on1. The fourth-order valence-corrected chi connectivity index (χ4v) is 5.54. The second-order valence-electron chi connectivity index (χ2n) is 26.4. The van der Waals surface area contributed by atoms with Crippen LogP contribution in [-0.4, -0.2) is 84.6 Å². The molecule has 1 saturated heterocycles. The van der Waals surface area contributed by atoms with Gasteiger partial charge in [-0.3, -0.25) is 19.2 Å². The number of aryl methyl sites for hydroxylation is 1. The van der Waals surface area contributed by atoms with Gasteiger partial charge in [0.1, 0.15) is 17.3 Å². The Balaban J connectivity index is -0.000000163. The maximum Gasteiger partial charge on any atom is 0.197 e. The highest BCUT2D eigenvalue weighted by molar-refractivity contribution is 8.15. The first-order chi connectivity index (χ1) is 28.9. The predicted molar refractivity (Wildman–Crippen MR) is 296 cm³/mol. The van der Waals surface area contributed by atoms with E-state index in [0.717, 1.165) is 24.1 Å². The van der Waals surface area contributed by atoms with Gasteiger partial charge < -0.3 is 4.52 Å². The second kappa shape index (κ2) is 30.4. The lowest BCUT2D eigenvalue weighted by atomic mass is 9.89. The number of ketones is 3. The summed E-state index contributed by atoms with van der Waals surface area (Å²) in [6.45, 7) is 56.1. The van der Waals surface area contributed by atoms with Gasteiger partial charge in [-0.1, -0.05) is 191 Å². The molecule has 2 aliphatic rings. The van der Waals surface area contributed by atoms with Crippen LogP contribution in [0.3, 0.4) is 0 Å². The van der Waals surface area contributed by atoms with Gasteiger partial charge in [-0.2, -0.15) is 10.2 Å². The Morgan fingerprint density at radius 2 is 1.04 bits per heavy atom. The highest BCUT2D eigenvalue weighted by atomic mass is 32.2. The van der Waals surface area contributed by atoms with Crippen molar-refractivity contribution in [1.82, 2.24) is 5.16 Å². The molecule has 1 atom stereocenters. The molecule has 12 nitrogen and oxygen atoms in total.